The largest absolute Gasteiger partial charge is 0.392 e. The fourth-order valence-corrected chi connectivity index (χ4v) is 2.13. The number of β-amino-alcohol motifs (C(OH)–C–C–N with tert-alkyl or cyclic N) is 1. The van der Waals surface area contributed by atoms with E-state index in [1.54, 1.807) is 13.8 Å². The van der Waals surface area contributed by atoms with Gasteiger partial charge in [-0.3, -0.25) is 0 Å². The van der Waals surface area contributed by atoms with Gasteiger partial charge in [-0.25, -0.2) is 8.42 Å². The van der Waals surface area contributed by atoms with E-state index in [2.05, 4.69) is 5.32 Å². The van der Waals surface area contributed by atoms with Crippen molar-refractivity contribution in [3.8, 4) is 0 Å². The Labute approximate surface area is 99.4 Å². The standard InChI is InChI=1S/C11H25NO3S/c1-9(2)16(14,15)7-6-10(13)8-12-11(3,4)5/h9-10,12-13H,6-8H2,1-5H3. The van der Waals surface area contributed by atoms with E-state index in [4.69, 9.17) is 0 Å². The summed E-state index contributed by atoms with van der Waals surface area (Å²) in [5.41, 5.74) is -0.0576. The van der Waals surface area contributed by atoms with E-state index in [-0.39, 0.29) is 16.5 Å². The molecule has 0 bridgehead atoms. The van der Waals surface area contributed by atoms with Crippen LogP contribution in [-0.4, -0.2) is 42.7 Å². The van der Waals surface area contributed by atoms with Gasteiger partial charge in [0, 0.05) is 12.1 Å². The van der Waals surface area contributed by atoms with Crippen LogP contribution in [0.3, 0.4) is 0 Å². The van der Waals surface area contributed by atoms with E-state index >= 15 is 0 Å². The molecule has 0 aliphatic heterocycles. The van der Waals surface area contributed by atoms with Crippen LogP contribution in [0.25, 0.3) is 0 Å². The summed E-state index contributed by atoms with van der Waals surface area (Å²) in [5.74, 6) is 0.0532. The number of nitrogens with one attached hydrogen (secondary N) is 1. The minimum atomic E-state index is -3.03. The molecule has 0 saturated heterocycles. The predicted molar refractivity (Wildman–Crippen MR) is 67.3 cm³/mol. The van der Waals surface area contributed by atoms with Crippen molar-refractivity contribution in [3.05, 3.63) is 0 Å². The number of sulfone groups is 1. The molecule has 16 heavy (non-hydrogen) atoms. The Morgan fingerprint density at radius 2 is 1.75 bits per heavy atom. The Balaban J connectivity index is 3.96. The minimum absolute atomic E-state index is 0.0532. The highest BCUT2D eigenvalue weighted by Gasteiger charge is 2.19. The smallest absolute Gasteiger partial charge is 0.152 e. The highest BCUT2D eigenvalue weighted by atomic mass is 32.2. The van der Waals surface area contributed by atoms with E-state index in [0.717, 1.165) is 0 Å². The summed E-state index contributed by atoms with van der Waals surface area (Å²) in [5, 5.41) is 12.4. The molecule has 0 aromatic carbocycles. The summed E-state index contributed by atoms with van der Waals surface area (Å²) < 4.78 is 23.0. The van der Waals surface area contributed by atoms with E-state index in [9.17, 15) is 13.5 Å². The van der Waals surface area contributed by atoms with E-state index < -0.39 is 15.9 Å². The monoisotopic (exact) mass is 251 g/mol. The quantitative estimate of drug-likeness (QED) is 0.737. The number of hydrogen-bond acceptors (Lipinski definition) is 4. The molecule has 98 valence electrons. The third-order valence-corrected chi connectivity index (χ3v) is 4.56. The van der Waals surface area contributed by atoms with Gasteiger partial charge in [-0.05, 0) is 41.0 Å². The molecule has 0 heterocycles. The normalized spacial score (nSPS) is 15.4. The molecule has 0 spiro atoms. The summed E-state index contributed by atoms with van der Waals surface area (Å²) in [6.45, 7) is 9.76. The SMILES string of the molecule is CC(C)S(=O)(=O)CCC(O)CNC(C)(C)C. The molecular weight excluding hydrogens is 226 g/mol. The third kappa shape index (κ3) is 7.19. The van der Waals surface area contributed by atoms with Gasteiger partial charge < -0.3 is 10.4 Å². The molecule has 0 radical (unpaired) electrons. The Morgan fingerprint density at radius 1 is 1.25 bits per heavy atom. The van der Waals surface area contributed by atoms with Crippen molar-refractivity contribution >= 4 is 9.84 Å². The van der Waals surface area contributed by atoms with Crippen molar-refractivity contribution in [1.82, 2.24) is 5.32 Å². The molecule has 0 saturated carbocycles. The summed E-state index contributed by atoms with van der Waals surface area (Å²) >= 11 is 0. The van der Waals surface area contributed by atoms with Crippen molar-refractivity contribution in [3.63, 3.8) is 0 Å². The van der Waals surface area contributed by atoms with Gasteiger partial charge in [-0.2, -0.15) is 0 Å². The van der Waals surface area contributed by atoms with Gasteiger partial charge in [0.15, 0.2) is 9.84 Å². The van der Waals surface area contributed by atoms with Crippen LogP contribution < -0.4 is 5.32 Å². The van der Waals surface area contributed by atoms with Crippen LogP contribution in [-0.2, 0) is 9.84 Å². The molecule has 0 amide bonds. The van der Waals surface area contributed by atoms with Crippen LogP contribution in [0.1, 0.15) is 41.0 Å². The lowest BCUT2D eigenvalue weighted by Crippen LogP contribution is -2.41. The molecular formula is C11H25NO3S. The zero-order chi connectivity index (χ0) is 13.0. The van der Waals surface area contributed by atoms with Crippen LogP contribution in [0.15, 0.2) is 0 Å². The van der Waals surface area contributed by atoms with Crippen LogP contribution in [0.5, 0.6) is 0 Å². The minimum Gasteiger partial charge on any atom is -0.392 e. The van der Waals surface area contributed by atoms with Gasteiger partial charge in [-0.15, -0.1) is 0 Å². The summed E-state index contributed by atoms with van der Waals surface area (Å²) in [4.78, 5) is 0. The van der Waals surface area contributed by atoms with Gasteiger partial charge in [0.05, 0.1) is 17.1 Å². The zero-order valence-corrected chi connectivity index (χ0v) is 11.8. The van der Waals surface area contributed by atoms with Gasteiger partial charge in [0.2, 0.25) is 0 Å². The van der Waals surface area contributed by atoms with Crippen LogP contribution in [0.2, 0.25) is 0 Å². The van der Waals surface area contributed by atoms with Crippen LogP contribution in [0, 0.1) is 0 Å². The second kappa shape index (κ2) is 5.98. The average Bonchev–Trinajstić information content (AvgIpc) is 2.10. The van der Waals surface area contributed by atoms with Crippen LogP contribution in [0.4, 0.5) is 0 Å². The average molecular weight is 251 g/mol. The molecule has 5 heteroatoms. The van der Waals surface area contributed by atoms with E-state index in [1.807, 2.05) is 20.8 Å². The third-order valence-electron chi connectivity index (χ3n) is 2.32. The molecule has 4 nitrogen and oxygen atoms in total. The van der Waals surface area contributed by atoms with Crippen molar-refractivity contribution in [2.75, 3.05) is 12.3 Å². The molecule has 0 aromatic rings. The fraction of sp³-hybridized carbons (Fsp3) is 1.00. The summed E-state index contributed by atoms with van der Waals surface area (Å²) in [7, 11) is -3.03. The van der Waals surface area contributed by atoms with Gasteiger partial charge in [0.25, 0.3) is 0 Å². The Morgan fingerprint density at radius 3 is 2.12 bits per heavy atom. The molecule has 0 fully saturated rings. The maximum absolute atomic E-state index is 11.5. The van der Waals surface area contributed by atoms with Gasteiger partial charge in [0.1, 0.15) is 0 Å². The van der Waals surface area contributed by atoms with Gasteiger partial charge >= 0.3 is 0 Å². The van der Waals surface area contributed by atoms with Crippen molar-refractivity contribution in [2.24, 2.45) is 0 Å². The van der Waals surface area contributed by atoms with Crippen molar-refractivity contribution in [1.29, 1.82) is 0 Å². The molecule has 0 aliphatic carbocycles. The predicted octanol–water partition coefficient (Wildman–Crippen LogP) is 0.949. The first-order valence-corrected chi connectivity index (χ1v) is 7.41. The highest BCUT2D eigenvalue weighted by molar-refractivity contribution is 7.91. The molecule has 0 rings (SSSR count). The first-order valence-electron chi connectivity index (χ1n) is 5.69. The van der Waals surface area contributed by atoms with Crippen molar-refractivity contribution in [2.45, 2.75) is 57.9 Å². The second-order valence-corrected chi connectivity index (χ2v) is 8.17. The highest BCUT2D eigenvalue weighted by Crippen LogP contribution is 2.05. The molecule has 1 atom stereocenters. The van der Waals surface area contributed by atoms with Gasteiger partial charge in [-0.1, -0.05) is 0 Å². The zero-order valence-electron chi connectivity index (χ0n) is 10.9. The van der Waals surface area contributed by atoms with E-state index in [1.165, 1.54) is 0 Å². The second-order valence-electron chi connectivity index (χ2n) is 5.49. The topological polar surface area (TPSA) is 66.4 Å². The lowest BCUT2D eigenvalue weighted by molar-refractivity contribution is 0.157. The fourth-order valence-electron chi connectivity index (χ4n) is 1.06. The van der Waals surface area contributed by atoms with Crippen LogP contribution >= 0.6 is 0 Å². The number of aliphatic hydroxyl groups is 1. The summed E-state index contributed by atoms with van der Waals surface area (Å²) in [6.07, 6.45) is -0.309. The molecule has 0 aromatic heterocycles. The Bertz CT molecular complexity index is 291. The van der Waals surface area contributed by atoms with Crippen molar-refractivity contribution < 1.29 is 13.5 Å². The summed E-state index contributed by atoms with van der Waals surface area (Å²) in [6, 6.07) is 0. The lowest BCUT2D eigenvalue weighted by Gasteiger charge is -2.23. The lowest BCUT2D eigenvalue weighted by atomic mass is 10.1. The number of hydrogen-bond donors (Lipinski definition) is 2. The van der Waals surface area contributed by atoms with E-state index in [0.29, 0.717) is 13.0 Å². The molecule has 2 N–H and O–H groups in total. The maximum Gasteiger partial charge on any atom is 0.152 e. The first kappa shape index (κ1) is 15.9. The first-order chi connectivity index (χ1) is 7.04. The Kier molecular flexibility index (Phi) is 5.93. The Hall–Kier alpha value is -0.130. The molecule has 0 aliphatic rings. The number of rotatable bonds is 6. The number of aliphatic hydroxyl groups excluding tert-OH is 1. The molecule has 1 unspecified atom stereocenters. The maximum atomic E-state index is 11.5.